The lowest BCUT2D eigenvalue weighted by molar-refractivity contribution is 0.183. The summed E-state index contributed by atoms with van der Waals surface area (Å²) in [5.41, 5.74) is 0. The fourth-order valence-electron chi connectivity index (χ4n) is 2.73. The number of fused-ring (bicyclic) bond motifs is 2. The molecule has 4 atom stereocenters. The molecular formula is C12H21NO. The Morgan fingerprint density at radius 1 is 1.43 bits per heavy atom. The minimum absolute atomic E-state index is 0.164. The predicted octanol–water partition coefficient (Wildman–Crippen LogP) is 1.56. The molecule has 0 aromatic carbocycles. The predicted molar refractivity (Wildman–Crippen MR) is 58.0 cm³/mol. The summed E-state index contributed by atoms with van der Waals surface area (Å²) in [6.07, 6.45) is 8.26. The second-order valence-electron chi connectivity index (χ2n) is 4.88. The third-order valence-corrected chi connectivity index (χ3v) is 3.56. The zero-order valence-electron chi connectivity index (χ0n) is 8.95. The first-order chi connectivity index (χ1) is 6.75. The lowest BCUT2D eigenvalue weighted by Gasteiger charge is -2.18. The summed E-state index contributed by atoms with van der Waals surface area (Å²) >= 11 is 0. The summed E-state index contributed by atoms with van der Waals surface area (Å²) in [5, 5.41) is 12.5. The van der Waals surface area contributed by atoms with Crippen molar-refractivity contribution < 1.29 is 5.11 Å². The lowest BCUT2D eigenvalue weighted by Crippen LogP contribution is -2.27. The summed E-state index contributed by atoms with van der Waals surface area (Å²) in [7, 11) is 0. The van der Waals surface area contributed by atoms with E-state index in [1.165, 1.54) is 12.8 Å². The number of hydrogen-bond acceptors (Lipinski definition) is 2. The Bertz CT molecular complexity index is 212. The first-order valence-corrected chi connectivity index (χ1v) is 5.83. The maximum absolute atomic E-state index is 9.10. The standard InChI is InChI=1S/C12H21NO/c1-9(14)4-5-13-8-12-7-10-2-3-11(12)6-10/h2-3,9-14H,4-8H2,1H3. The maximum Gasteiger partial charge on any atom is 0.0524 e. The number of aliphatic hydroxyl groups is 1. The van der Waals surface area contributed by atoms with Crippen LogP contribution in [0.4, 0.5) is 0 Å². The van der Waals surface area contributed by atoms with Crippen LogP contribution < -0.4 is 5.32 Å². The number of aliphatic hydroxyl groups excluding tert-OH is 1. The van der Waals surface area contributed by atoms with Crippen molar-refractivity contribution in [2.24, 2.45) is 17.8 Å². The lowest BCUT2D eigenvalue weighted by atomic mass is 9.93. The van der Waals surface area contributed by atoms with Crippen LogP contribution in [0.25, 0.3) is 0 Å². The van der Waals surface area contributed by atoms with Crippen molar-refractivity contribution in [1.29, 1.82) is 0 Å². The zero-order valence-corrected chi connectivity index (χ0v) is 8.95. The second kappa shape index (κ2) is 4.45. The molecule has 2 aliphatic carbocycles. The number of nitrogens with one attached hydrogen (secondary N) is 1. The number of allylic oxidation sites excluding steroid dienone is 2. The monoisotopic (exact) mass is 195 g/mol. The summed E-state index contributed by atoms with van der Waals surface area (Å²) in [4.78, 5) is 0. The van der Waals surface area contributed by atoms with Crippen molar-refractivity contribution in [3.63, 3.8) is 0 Å². The van der Waals surface area contributed by atoms with Gasteiger partial charge in [0.15, 0.2) is 0 Å². The molecule has 1 saturated carbocycles. The fourth-order valence-corrected chi connectivity index (χ4v) is 2.73. The minimum Gasteiger partial charge on any atom is -0.393 e. The Hall–Kier alpha value is -0.340. The molecule has 0 aliphatic heterocycles. The van der Waals surface area contributed by atoms with E-state index < -0.39 is 0 Å². The minimum atomic E-state index is -0.164. The molecule has 2 N–H and O–H groups in total. The molecule has 0 radical (unpaired) electrons. The van der Waals surface area contributed by atoms with Gasteiger partial charge in [-0.1, -0.05) is 12.2 Å². The third-order valence-electron chi connectivity index (χ3n) is 3.56. The van der Waals surface area contributed by atoms with Crippen LogP contribution in [-0.4, -0.2) is 24.3 Å². The van der Waals surface area contributed by atoms with E-state index in [0.717, 1.165) is 37.3 Å². The van der Waals surface area contributed by atoms with Crippen molar-refractivity contribution in [3.05, 3.63) is 12.2 Å². The SMILES string of the molecule is CC(O)CCNCC1CC2C=CC1C2. The zero-order chi connectivity index (χ0) is 9.97. The number of rotatable bonds is 5. The van der Waals surface area contributed by atoms with Gasteiger partial charge in [0, 0.05) is 0 Å². The third kappa shape index (κ3) is 2.37. The van der Waals surface area contributed by atoms with Gasteiger partial charge in [-0.2, -0.15) is 0 Å². The molecule has 0 amide bonds. The fraction of sp³-hybridized carbons (Fsp3) is 0.833. The molecule has 0 aromatic heterocycles. The van der Waals surface area contributed by atoms with Crippen LogP contribution in [0, 0.1) is 17.8 Å². The molecule has 4 unspecified atom stereocenters. The molecule has 2 rings (SSSR count). The van der Waals surface area contributed by atoms with E-state index in [-0.39, 0.29) is 6.10 Å². The van der Waals surface area contributed by atoms with Crippen LogP contribution in [-0.2, 0) is 0 Å². The van der Waals surface area contributed by atoms with Crippen molar-refractivity contribution in [1.82, 2.24) is 5.32 Å². The van der Waals surface area contributed by atoms with Gasteiger partial charge in [0.05, 0.1) is 6.10 Å². The Kier molecular flexibility index (Phi) is 3.24. The molecule has 2 nitrogen and oxygen atoms in total. The molecular weight excluding hydrogens is 174 g/mol. The number of hydrogen-bond donors (Lipinski definition) is 2. The molecule has 1 fully saturated rings. The van der Waals surface area contributed by atoms with E-state index in [0.29, 0.717) is 0 Å². The van der Waals surface area contributed by atoms with Gasteiger partial charge in [0.2, 0.25) is 0 Å². The van der Waals surface area contributed by atoms with Gasteiger partial charge in [0.25, 0.3) is 0 Å². The van der Waals surface area contributed by atoms with E-state index in [4.69, 9.17) is 5.11 Å². The molecule has 0 heterocycles. The Morgan fingerprint density at radius 3 is 2.86 bits per heavy atom. The van der Waals surface area contributed by atoms with Gasteiger partial charge in [-0.05, 0) is 57.0 Å². The van der Waals surface area contributed by atoms with Gasteiger partial charge < -0.3 is 10.4 Å². The van der Waals surface area contributed by atoms with Gasteiger partial charge >= 0.3 is 0 Å². The Labute approximate surface area is 86.4 Å². The van der Waals surface area contributed by atoms with Crippen LogP contribution >= 0.6 is 0 Å². The van der Waals surface area contributed by atoms with Crippen LogP contribution in [0.3, 0.4) is 0 Å². The van der Waals surface area contributed by atoms with Gasteiger partial charge in [0.1, 0.15) is 0 Å². The van der Waals surface area contributed by atoms with Gasteiger partial charge in [-0.3, -0.25) is 0 Å². The summed E-state index contributed by atoms with van der Waals surface area (Å²) < 4.78 is 0. The Balaban J connectivity index is 1.61. The molecule has 0 aromatic rings. The molecule has 0 saturated heterocycles. The molecule has 14 heavy (non-hydrogen) atoms. The summed E-state index contributed by atoms with van der Waals surface area (Å²) in [6.45, 7) is 3.94. The topological polar surface area (TPSA) is 32.3 Å². The van der Waals surface area contributed by atoms with Crippen LogP contribution in [0.1, 0.15) is 26.2 Å². The quantitative estimate of drug-likeness (QED) is 0.515. The second-order valence-corrected chi connectivity index (χ2v) is 4.88. The maximum atomic E-state index is 9.10. The van der Waals surface area contributed by atoms with E-state index >= 15 is 0 Å². The van der Waals surface area contributed by atoms with Crippen LogP contribution in [0.2, 0.25) is 0 Å². The van der Waals surface area contributed by atoms with Crippen molar-refractivity contribution >= 4 is 0 Å². The van der Waals surface area contributed by atoms with Gasteiger partial charge in [-0.25, -0.2) is 0 Å². The van der Waals surface area contributed by atoms with E-state index in [2.05, 4.69) is 17.5 Å². The molecule has 2 aliphatic rings. The molecule has 2 bridgehead atoms. The van der Waals surface area contributed by atoms with Crippen molar-refractivity contribution in [2.75, 3.05) is 13.1 Å². The first kappa shape index (κ1) is 10.2. The van der Waals surface area contributed by atoms with E-state index in [9.17, 15) is 0 Å². The average Bonchev–Trinajstić information content (AvgIpc) is 2.73. The van der Waals surface area contributed by atoms with E-state index in [1.807, 2.05) is 6.92 Å². The summed E-state index contributed by atoms with van der Waals surface area (Å²) in [5.74, 6) is 2.58. The highest BCUT2D eigenvalue weighted by atomic mass is 16.3. The highest BCUT2D eigenvalue weighted by Crippen LogP contribution is 2.42. The normalized spacial score (nSPS) is 36.6. The van der Waals surface area contributed by atoms with Crippen LogP contribution in [0.15, 0.2) is 12.2 Å². The highest BCUT2D eigenvalue weighted by Gasteiger charge is 2.34. The molecule has 2 heteroatoms. The average molecular weight is 195 g/mol. The van der Waals surface area contributed by atoms with Crippen LogP contribution in [0.5, 0.6) is 0 Å². The molecule has 80 valence electrons. The van der Waals surface area contributed by atoms with Crippen molar-refractivity contribution in [3.8, 4) is 0 Å². The summed E-state index contributed by atoms with van der Waals surface area (Å²) in [6, 6.07) is 0. The van der Waals surface area contributed by atoms with Crippen molar-refractivity contribution in [2.45, 2.75) is 32.3 Å². The largest absolute Gasteiger partial charge is 0.393 e. The highest BCUT2D eigenvalue weighted by molar-refractivity contribution is 5.10. The first-order valence-electron chi connectivity index (χ1n) is 5.83. The van der Waals surface area contributed by atoms with E-state index in [1.54, 1.807) is 0 Å². The molecule has 0 spiro atoms. The smallest absolute Gasteiger partial charge is 0.0524 e. The Morgan fingerprint density at radius 2 is 2.29 bits per heavy atom. The van der Waals surface area contributed by atoms with Gasteiger partial charge in [-0.15, -0.1) is 0 Å².